The molecule has 2 N–H and O–H groups in total. The molecule has 0 radical (unpaired) electrons. The summed E-state index contributed by atoms with van der Waals surface area (Å²) in [5, 5.41) is 12.7. The van der Waals surface area contributed by atoms with E-state index in [2.05, 4.69) is 42.6 Å². The number of aliphatic carboxylic acids is 1. The van der Waals surface area contributed by atoms with E-state index >= 15 is 0 Å². The number of anilines is 1. The van der Waals surface area contributed by atoms with Crippen molar-refractivity contribution in [2.45, 2.75) is 57.9 Å². The molecule has 2 atom stereocenters. The number of aryl methyl sites for hydroxylation is 3. The standard InChI is InChI=1S/C33H37NO5S/c1-21-15-28(39-20-22-11-13-40(37,38)14-12-22)17-26-4-2-3-24-6-5-23(16-30(24)32(21)26)19-34-27-9-7-25(8-10-27)29-18-31(29)33(35)36/h5-10,15-17,22,29,31,34H,2-4,11-14,18-20H2,1H3,(H,35,36)/t29-,31+/m1/s1. The molecule has 1 saturated carbocycles. The molecule has 6 nitrogen and oxygen atoms in total. The molecular formula is C33H37NO5S. The Morgan fingerprint density at radius 3 is 2.48 bits per heavy atom. The minimum absolute atomic E-state index is 0.149. The number of ether oxygens (including phenoxy) is 1. The van der Waals surface area contributed by atoms with Gasteiger partial charge in [0.05, 0.1) is 24.0 Å². The van der Waals surface area contributed by atoms with Gasteiger partial charge in [-0.15, -0.1) is 0 Å². The van der Waals surface area contributed by atoms with Crippen LogP contribution in [0.4, 0.5) is 5.69 Å². The molecule has 6 rings (SSSR count). The topological polar surface area (TPSA) is 92.7 Å². The molecule has 3 aliphatic rings. The minimum atomic E-state index is -2.86. The molecule has 2 aliphatic carbocycles. The van der Waals surface area contributed by atoms with Crippen LogP contribution in [0.2, 0.25) is 0 Å². The zero-order valence-corrected chi connectivity index (χ0v) is 23.8. The number of sulfone groups is 1. The zero-order chi connectivity index (χ0) is 27.9. The van der Waals surface area contributed by atoms with Gasteiger partial charge in [0.15, 0.2) is 0 Å². The lowest BCUT2D eigenvalue weighted by Gasteiger charge is -2.23. The Bertz CT molecular complexity index is 1520. The maximum atomic E-state index is 11.7. The molecule has 3 aromatic rings. The van der Waals surface area contributed by atoms with E-state index in [0.717, 1.165) is 42.7 Å². The predicted molar refractivity (Wildman–Crippen MR) is 158 cm³/mol. The molecule has 0 aromatic heterocycles. The van der Waals surface area contributed by atoms with Gasteiger partial charge in [-0.1, -0.05) is 24.3 Å². The molecular weight excluding hydrogens is 522 g/mol. The molecule has 0 amide bonds. The van der Waals surface area contributed by atoms with Crippen LogP contribution >= 0.6 is 0 Å². The van der Waals surface area contributed by atoms with E-state index < -0.39 is 15.8 Å². The Kier molecular flexibility index (Phi) is 7.34. The van der Waals surface area contributed by atoms with E-state index in [1.165, 1.54) is 33.4 Å². The van der Waals surface area contributed by atoms with Crippen molar-refractivity contribution in [3.05, 3.63) is 82.4 Å². The first-order chi connectivity index (χ1) is 19.3. The van der Waals surface area contributed by atoms with E-state index in [4.69, 9.17) is 4.74 Å². The molecule has 210 valence electrons. The number of carboxylic acid groups (broad SMARTS) is 1. The molecule has 1 saturated heterocycles. The van der Waals surface area contributed by atoms with E-state index in [9.17, 15) is 18.3 Å². The van der Waals surface area contributed by atoms with Crippen LogP contribution in [0.15, 0.2) is 54.6 Å². The fourth-order valence-corrected chi connectivity index (χ4v) is 7.94. The zero-order valence-electron chi connectivity index (χ0n) is 23.0. The van der Waals surface area contributed by atoms with Crippen LogP contribution in [0, 0.1) is 18.8 Å². The number of carboxylic acids is 1. The molecule has 0 spiro atoms. The monoisotopic (exact) mass is 559 g/mol. The summed E-state index contributed by atoms with van der Waals surface area (Å²) in [5.41, 5.74) is 9.87. The number of rotatable bonds is 8. The second-order valence-corrected chi connectivity index (χ2v) is 14.1. The highest BCUT2D eigenvalue weighted by atomic mass is 32.2. The minimum Gasteiger partial charge on any atom is -0.493 e. The van der Waals surface area contributed by atoms with Gasteiger partial charge in [0.25, 0.3) is 0 Å². The van der Waals surface area contributed by atoms with Crippen LogP contribution in [0.25, 0.3) is 11.1 Å². The Balaban J connectivity index is 1.14. The number of nitrogens with one attached hydrogen (secondary N) is 1. The lowest BCUT2D eigenvalue weighted by Crippen LogP contribution is -2.26. The molecule has 1 aliphatic heterocycles. The van der Waals surface area contributed by atoms with E-state index in [1.807, 2.05) is 24.3 Å². The van der Waals surface area contributed by atoms with E-state index in [0.29, 0.717) is 31.9 Å². The Morgan fingerprint density at radius 1 is 1.00 bits per heavy atom. The summed E-state index contributed by atoms with van der Waals surface area (Å²) in [6.45, 7) is 3.44. The average Bonchev–Trinajstić information content (AvgIpc) is 3.75. The van der Waals surface area contributed by atoms with Crippen molar-refractivity contribution in [1.82, 2.24) is 0 Å². The van der Waals surface area contributed by atoms with Crippen molar-refractivity contribution in [1.29, 1.82) is 0 Å². The molecule has 7 heteroatoms. The summed E-state index contributed by atoms with van der Waals surface area (Å²) < 4.78 is 29.7. The SMILES string of the molecule is Cc1cc(OCC2CCS(=O)(=O)CC2)cc2c1-c1cc(CNc3ccc([C@H]4C[C@@H]4C(=O)O)cc3)ccc1CCC2. The first-order valence-electron chi connectivity index (χ1n) is 14.4. The second-order valence-electron chi connectivity index (χ2n) is 11.8. The van der Waals surface area contributed by atoms with Crippen LogP contribution in [0.3, 0.4) is 0 Å². The molecule has 1 heterocycles. The van der Waals surface area contributed by atoms with Gasteiger partial charge in [-0.05, 0) is 127 Å². The Labute approximate surface area is 236 Å². The van der Waals surface area contributed by atoms with Gasteiger partial charge in [-0.2, -0.15) is 0 Å². The van der Waals surface area contributed by atoms with Crippen molar-refractivity contribution in [2.24, 2.45) is 11.8 Å². The van der Waals surface area contributed by atoms with Crippen LogP contribution in [0.5, 0.6) is 5.75 Å². The quantitative estimate of drug-likeness (QED) is 0.344. The first kappa shape index (κ1) is 26.9. The maximum Gasteiger partial charge on any atom is 0.307 e. The molecule has 2 fully saturated rings. The fraction of sp³-hybridized carbons (Fsp3) is 0.424. The smallest absolute Gasteiger partial charge is 0.307 e. The fourth-order valence-electron chi connectivity index (χ4n) is 6.35. The van der Waals surface area contributed by atoms with Gasteiger partial charge in [0.1, 0.15) is 15.6 Å². The average molecular weight is 560 g/mol. The van der Waals surface area contributed by atoms with Crippen molar-refractivity contribution < 1.29 is 23.1 Å². The number of fused-ring (bicyclic) bond motifs is 3. The van der Waals surface area contributed by atoms with Crippen LogP contribution < -0.4 is 10.1 Å². The number of carbonyl (C=O) groups is 1. The Hall–Kier alpha value is -3.32. The maximum absolute atomic E-state index is 11.7. The van der Waals surface area contributed by atoms with Crippen LogP contribution in [-0.4, -0.2) is 37.6 Å². The Morgan fingerprint density at radius 2 is 1.75 bits per heavy atom. The number of hydrogen-bond acceptors (Lipinski definition) is 5. The lowest BCUT2D eigenvalue weighted by atomic mass is 9.91. The van der Waals surface area contributed by atoms with Gasteiger partial charge in [0.2, 0.25) is 0 Å². The summed E-state index contributed by atoms with van der Waals surface area (Å²) in [4.78, 5) is 11.2. The van der Waals surface area contributed by atoms with E-state index in [-0.39, 0.29) is 23.3 Å². The summed E-state index contributed by atoms with van der Waals surface area (Å²) in [7, 11) is -2.86. The number of benzene rings is 3. The van der Waals surface area contributed by atoms with Crippen LogP contribution in [0.1, 0.15) is 59.4 Å². The summed E-state index contributed by atoms with van der Waals surface area (Å²) in [6.07, 6.45) is 5.26. The van der Waals surface area contributed by atoms with Crippen molar-refractivity contribution in [3.8, 4) is 16.9 Å². The normalized spacial score (nSPS) is 21.5. The molecule has 3 aromatic carbocycles. The predicted octanol–water partition coefficient (Wildman–Crippen LogP) is 6.15. The highest BCUT2D eigenvalue weighted by Crippen LogP contribution is 2.47. The summed E-state index contributed by atoms with van der Waals surface area (Å²) in [6, 6.07) is 19.3. The molecule has 0 bridgehead atoms. The summed E-state index contributed by atoms with van der Waals surface area (Å²) in [5.74, 6) is 0.950. The van der Waals surface area contributed by atoms with Gasteiger partial charge >= 0.3 is 5.97 Å². The van der Waals surface area contributed by atoms with Crippen LogP contribution in [-0.2, 0) is 34.0 Å². The highest BCUT2D eigenvalue weighted by molar-refractivity contribution is 7.91. The third kappa shape index (κ3) is 5.90. The second kappa shape index (κ2) is 10.9. The van der Waals surface area contributed by atoms with E-state index in [1.54, 1.807) is 0 Å². The largest absolute Gasteiger partial charge is 0.493 e. The van der Waals surface area contributed by atoms with Crippen molar-refractivity contribution >= 4 is 21.5 Å². The third-order valence-corrected chi connectivity index (χ3v) is 10.5. The number of hydrogen-bond donors (Lipinski definition) is 2. The molecule has 0 unspecified atom stereocenters. The third-order valence-electron chi connectivity index (χ3n) is 8.83. The molecule has 40 heavy (non-hydrogen) atoms. The van der Waals surface area contributed by atoms with Gasteiger partial charge < -0.3 is 15.2 Å². The highest BCUT2D eigenvalue weighted by Gasteiger charge is 2.44. The van der Waals surface area contributed by atoms with Gasteiger partial charge in [-0.3, -0.25) is 4.79 Å². The first-order valence-corrected chi connectivity index (χ1v) is 16.2. The van der Waals surface area contributed by atoms with Crippen molar-refractivity contribution in [3.63, 3.8) is 0 Å². The van der Waals surface area contributed by atoms with Gasteiger partial charge in [-0.25, -0.2) is 8.42 Å². The summed E-state index contributed by atoms with van der Waals surface area (Å²) >= 11 is 0. The van der Waals surface area contributed by atoms with Crippen molar-refractivity contribution in [2.75, 3.05) is 23.4 Å². The van der Waals surface area contributed by atoms with Gasteiger partial charge in [0, 0.05) is 12.2 Å². The lowest BCUT2D eigenvalue weighted by molar-refractivity contribution is -0.138.